The average Bonchev–Trinajstić information content (AvgIpc) is 3.10. The Hall–Kier alpha value is -2.93. The van der Waals surface area contributed by atoms with Crippen LogP contribution in [0.4, 0.5) is 23.2 Å². The molecule has 0 spiro atoms. The Morgan fingerprint density at radius 2 is 2.12 bits per heavy atom. The maximum atomic E-state index is 15.6. The van der Waals surface area contributed by atoms with Crippen molar-refractivity contribution in [3.05, 3.63) is 47.7 Å². The third kappa shape index (κ3) is 4.60. The number of aromatic nitrogens is 2. The number of nitrogens with two attached hydrogens (primary N) is 1. The fraction of sp³-hybridized carbons (Fsp3) is 0.400. The van der Waals surface area contributed by atoms with Crippen molar-refractivity contribution in [2.24, 2.45) is 10.7 Å². The normalized spacial score (nSPS) is 24.7. The second kappa shape index (κ2) is 8.45. The van der Waals surface area contributed by atoms with Crippen molar-refractivity contribution in [3.63, 3.8) is 0 Å². The average molecular weight is 485 g/mol. The van der Waals surface area contributed by atoms with Gasteiger partial charge < -0.3 is 20.5 Å². The molecule has 4 rings (SSSR count). The highest BCUT2D eigenvalue weighted by molar-refractivity contribution is 8.13. The summed E-state index contributed by atoms with van der Waals surface area (Å²) in [4.78, 5) is 24.4. The van der Waals surface area contributed by atoms with Crippen LogP contribution in [0.15, 0.2) is 35.6 Å². The molecule has 1 aromatic heterocycles. The topological polar surface area (TPSA) is 112 Å². The zero-order valence-corrected chi connectivity index (χ0v) is 18.1. The Morgan fingerprint density at radius 3 is 2.82 bits per heavy atom. The van der Waals surface area contributed by atoms with E-state index in [4.69, 9.17) is 15.2 Å². The predicted molar refractivity (Wildman–Crippen MR) is 113 cm³/mol. The van der Waals surface area contributed by atoms with Crippen molar-refractivity contribution in [1.29, 1.82) is 0 Å². The van der Waals surface area contributed by atoms with Crippen molar-refractivity contribution in [2.75, 3.05) is 30.9 Å². The Balaban J connectivity index is 1.55. The van der Waals surface area contributed by atoms with Crippen molar-refractivity contribution in [3.8, 4) is 5.88 Å². The molecular weight excluding hydrogens is 466 g/mol. The van der Waals surface area contributed by atoms with Gasteiger partial charge in [-0.05, 0) is 18.2 Å². The number of benzene rings is 1. The van der Waals surface area contributed by atoms with Gasteiger partial charge in [-0.15, -0.1) is 0 Å². The van der Waals surface area contributed by atoms with Crippen molar-refractivity contribution < 1.29 is 31.8 Å². The first-order valence-corrected chi connectivity index (χ1v) is 10.7. The maximum Gasteiger partial charge on any atom is 0.278 e. The number of nitrogens with one attached hydrogen (secondary N) is 1. The molecule has 2 aromatic rings. The Labute approximate surface area is 190 Å². The van der Waals surface area contributed by atoms with Gasteiger partial charge in [0.2, 0.25) is 5.88 Å². The number of halogens is 4. The minimum Gasteiger partial charge on any atom is -0.470 e. The summed E-state index contributed by atoms with van der Waals surface area (Å²) in [6, 6.07) is 3.65. The van der Waals surface area contributed by atoms with Gasteiger partial charge in [0.1, 0.15) is 11.5 Å². The van der Waals surface area contributed by atoms with Gasteiger partial charge in [0.15, 0.2) is 23.0 Å². The molecule has 0 aliphatic carbocycles. The number of amides is 1. The highest BCUT2D eigenvalue weighted by Crippen LogP contribution is 2.50. The number of carbonyl (C=O) groups is 1. The molecule has 3 heterocycles. The summed E-state index contributed by atoms with van der Waals surface area (Å²) in [6.07, 6.45) is 2.07. The van der Waals surface area contributed by atoms with Gasteiger partial charge in [0.05, 0.1) is 25.6 Å². The van der Waals surface area contributed by atoms with E-state index in [2.05, 4.69) is 20.3 Å². The van der Waals surface area contributed by atoms with E-state index in [0.29, 0.717) is 6.92 Å². The smallest absolute Gasteiger partial charge is 0.278 e. The number of rotatable bonds is 6. The minimum atomic E-state index is -3.05. The van der Waals surface area contributed by atoms with E-state index in [-0.39, 0.29) is 47.0 Å². The molecule has 2 aliphatic heterocycles. The number of aliphatic imine (C=N–C) groups is 1. The second-order valence-corrected chi connectivity index (χ2v) is 8.80. The number of fused-ring (bicyclic) bond motifs is 1. The van der Waals surface area contributed by atoms with Crippen molar-refractivity contribution >= 4 is 28.5 Å². The molecule has 3 N–H and O–H groups in total. The molecular formula is C20H19F4N5O3S. The van der Waals surface area contributed by atoms with Gasteiger partial charge in [0, 0.05) is 23.9 Å². The van der Waals surface area contributed by atoms with E-state index < -0.39 is 35.5 Å². The van der Waals surface area contributed by atoms with Crippen LogP contribution in [0.2, 0.25) is 0 Å². The summed E-state index contributed by atoms with van der Waals surface area (Å²) < 4.78 is 66.3. The molecule has 0 bridgehead atoms. The lowest BCUT2D eigenvalue weighted by Crippen LogP contribution is -2.52. The lowest BCUT2D eigenvalue weighted by atomic mass is 9.79. The van der Waals surface area contributed by atoms with E-state index >= 15 is 4.39 Å². The molecule has 1 aromatic carbocycles. The minimum absolute atomic E-state index is 0.0493. The number of anilines is 1. The van der Waals surface area contributed by atoms with Crippen LogP contribution in [0, 0.1) is 5.82 Å². The molecule has 13 heteroatoms. The monoisotopic (exact) mass is 485 g/mol. The SMILES string of the molecule is CC(F)(F)COc1cnc(C(=O)Nc2ccc(F)c(C34COCC3(F)CSC(N)=N4)c2)cn1. The van der Waals surface area contributed by atoms with E-state index in [1.54, 1.807) is 0 Å². The van der Waals surface area contributed by atoms with Crippen LogP contribution in [0.5, 0.6) is 5.88 Å². The molecule has 0 saturated carbocycles. The molecule has 8 nitrogen and oxygen atoms in total. The van der Waals surface area contributed by atoms with E-state index in [1.165, 1.54) is 12.1 Å². The molecule has 1 amide bonds. The van der Waals surface area contributed by atoms with Gasteiger partial charge in [-0.1, -0.05) is 11.8 Å². The first-order chi connectivity index (χ1) is 15.5. The number of ether oxygens (including phenoxy) is 2. The Morgan fingerprint density at radius 1 is 1.33 bits per heavy atom. The summed E-state index contributed by atoms with van der Waals surface area (Å²) in [5, 5.41) is 2.64. The highest BCUT2D eigenvalue weighted by atomic mass is 32.2. The second-order valence-electron chi connectivity index (χ2n) is 7.80. The van der Waals surface area contributed by atoms with Crippen LogP contribution < -0.4 is 15.8 Å². The molecule has 33 heavy (non-hydrogen) atoms. The molecule has 0 radical (unpaired) electrons. The predicted octanol–water partition coefficient (Wildman–Crippen LogP) is 2.90. The Bertz CT molecular complexity index is 1100. The van der Waals surface area contributed by atoms with Crippen LogP contribution in [0.25, 0.3) is 0 Å². The number of carbonyl (C=O) groups excluding carboxylic acids is 1. The van der Waals surface area contributed by atoms with Gasteiger partial charge in [-0.2, -0.15) is 0 Å². The van der Waals surface area contributed by atoms with Gasteiger partial charge in [-0.3, -0.25) is 4.79 Å². The van der Waals surface area contributed by atoms with E-state index in [1.807, 2.05) is 0 Å². The quantitative estimate of drug-likeness (QED) is 0.605. The summed E-state index contributed by atoms with van der Waals surface area (Å²) >= 11 is 1.02. The summed E-state index contributed by atoms with van der Waals surface area (Å²) in [7, 11) is 0. The summed E-state index contributed by atoms with van der Waals surface area (Å²) in [6.45, 7) is -0.669. The van der Waals surface area contributed by atoms with Crippen LogP contribution >= 0.6 is 11.8 Å². The van der Waals surface area contributed by atoms with Gasteiger partial charge in [-0.25, -0.2) is 32.5 Å². The summed E-state index contributed by atoms with van der Waals surface area (Å²) in [5.74, 6) is -4.71. The largest absolute Gasteiger partial charge is 0.470 e. The molecule has 2 aliphatic rings. The van der Waals surface area contributed by atoms with Gasteiger partial charge >= 0.3 is 0 Å². The third-order valence-electron chi connectivity index (χ3n) is 5.14. The molecule has 1 fully saturated rings. The Kier molecular flexibility index (Phi) is 5.95. The van der Waals surface area contributed by atoms with Crippen LogP contribution in [-0.2, 0) is 10.3 Å². The molecule has 2 unspecified atom stereocenters. The van der Waals surface area contributed by atoms with Crippen LogP contribution in [0.1, 0.15) is 23.0 Å². The zero-order valence-electron chi connectivity index (χ0n) is 17.3. The highest BCUT2D eigenvalue weighted by Gasteiger charge is 2.61. The number of thioether (sulfide) groups is 1. The van der Waals surface area contributed by atoms with Crippen molar-refractivity contribution in [1.82, 2.24) is 9.97 Å². The van der Waals surface area contributed by atoms with Crippen molar-refractivity contribution in [2.45, 2.75) is 24.1 Å². The first-order valence-electron chi connectivity index (χ1n) is 9.70. The molecule has 2 atom stereocenters. The zero-order chi connectivity index (χ0) is 23.9. The van der Waals surface area contributed by atoms with Crippen LogP contribution in [-0.4, -0.2) is 58.2 Å². The molecule has 1 saturated heterocycles. The number of alkyl halides is 3. The van der Waals surface area contributed by atoms with E-state index in [0.717, 1.165) is 30.2 Å². The number of hydrogen-bond donors (Lipinski definition) is 2. The lowest BCUT2D eigenvalue weighted by molar-refractivity contribution is -0.0243. The number of amidine groups is 1. The number of nitrogens with zero attached hydrogens (tertiary/aromatic N) is 3. The fourth-order valence-electron chi connectivity index (χ4n) is 3.51. The summed E-state index contributed by atoms with van der Waals surface area (Å²) in [5.41, 5.74) is 2.07. The van der Waals surface area contributed by atoms with Gasteiger partial charge in [0.25, 0.3) is 11.8 Å². The third-order valence-corrected chi connectivity index (χ3v) is 6.13. The standard InChI is InChI=1S/C20H19F4N5O3S/c1-18(22,23)7-32-15-6-26-14(5-27-15)16(30)28-11-2-3-13(21)12(4-11)20-9-31-8-19(20,24)10-33-17(25)29-20/h2-6H,7-10H2,1H3,(H2,25,29)(H,28,30). The molecule has 176 valence electrons. The number of hydrogen-bond acceptors (Lipinski definition) is 8. The first kappa shape index (κ1) is 23.2. The maximum absolute atomic E-state index is 15.6. The lowest BCUT2D eigenvalue weighted by Gasteiger charge is -2.38. The van der Waals surface area contributed by atoms with Crippen LogP contribution in [0.3, 0.4) is 0 Å². The fourth-order valence-corrected chi connectivity index (χ4v) is 4.43. The van der Waals surface area contributed by atoms with E-state index in [9.17, 15) is 18.0 Å².